The molecule has 192 valence electrons. The fourth-order valence-corrected chi connectivity index (χ4v) is 6.97. The summed E-state index contributed by atoms with van der Waals surface area (Å²) >= 11 is 0. The third kappa shape index (κ3) is 3.47. The van der Waals surface area contributed by atoms with Crippen molar-refractivity contribution in [1.82, 2.24) is 4.57 Å². The van der Waals surface area contributed by atoms with Crippen molar-refractivity contribution in [3.8, 4) is 33.9 Å². The molecule has 5 aromatic rings. The standard InChI is InChI=1S/C35H35BN3/c1-23(2)28-19-13-20-29(24(3)4)32(28)36-37(5)30-21-12-18-27-22-38-33(25-14-8-6-9-15-25)34(26-16-10-7-11-17-26)39(36)35(38)31(27)30/h6-21,23-24H,22H2,1-5H3/q+1. The first-order chi connectivity index (χ1) is 19.0. The Kier molecular flexibility index (Phi) is 5.55. The van der Waals surface area contributed by atoms with Gasteiger partial charge in [0.25, 0.3) is 5.82 Å². The Bertz CT molecular complexity index is 1670. The Morgan fingerprint density at radius 3 is 1.90 bits per heavy atom. The highest BCUT2D eigenvalue weighted by molar-refractivity contribution is 6.71. The lowest BCUT2D eigenvalue weighted by Gasteiger charge is -2.33. The fraction of sp³-hybridized carbons (Fsp3) is 0.229. The summed E-state index contributed by atoms with van der Waals surface area (Å²) in [6, 6.07) is 35.8. The molecule has 7 rings (SSSR count). The number of hydrogen-bond donors (Lipinski definition) is 0. The summed E-state index contributed by atoms with van der Waals surface area (Å²) in [6.45, 7) is 10.3. The zero-order valence-corrected chi connectivity index (χ0v) is 23.5. The molecule has 0 aliphatic carbocycles. The van der Waals surface area contributed by atoms with Gasteiger partial charge in [0, 0.05) is 27.8 Å². The van der Waals surface area contributed by atoms with Crippen molar-refractivity contribution in [2.24, 2.45) is 0 Å². The van der Waals surface area contributed by atoms with Crippen LogP contribution in [0.3, 0.4) is 0 Å². The van der Waals surface area contributed by atoms with E-state index in [1.54, 1.807) is 0 Å². The van der Waals surface area contributed by atoms with Crippen LogP contribution in [0, 0.1) is 0 Å². The highest BCUT2D eigenvalue weighted by atomic mass is 15.3. The van der Waals surface area contributed by atoms with Crippen molar-refractivity contribution in [1.29, 1.82) is 0 Å². The van der Waals surface area contributed by atoms with Crippen molar-refractivity contribution in [2.45, 2.75) is 46.1 Å². The molecule has 0 N–H and O–H groups in total. The number of rotatable bonds is 5. The number of hydrogen-bond acceptors (Lipinski definition) is 1. The van der Waals surface area contributed by atoms with Crippen LogP contribution in [0.4, 0.5) is 5.69 Å². The maximum Gasteiger partial charge on any atom is 0.538 e. The first kappa shape index (κ1) is 24.0. The van der Waals surface area contributed by atoms with Crippen LogP contribution in [-0.4, -0.2) is 18.6 Å². The SMILES string of the molecule is CC(C)c1cccc(C(C)C)c1B1N(C)c2cccc3c2-c2n(c(-c4ccccc4)c(-c4ccccc4)[n+]21)C3. The van der Waals surface area contributed by atoms with E-state index in [9.17, 15) is 0 Å². The number of anilines is 1. The van der Waals surface area contributed by atoms with E-state index in [2.05, 4.69) is 146 Å². The number of benzene rings is 4. The Morgan fingerprint density at radius 2 is 1.28 bits per heavy atom. The van der Waals surface area contributed by atoms with Crippen molar-refractivity contribution >= 4 is 18.1 Å². The van der Waals surface area contributed by atoms with Crippen LogP contribution in [-0.2, 0) is 6.54 Å². The molecule has 39 heavy (non-hydrogen) atoms. The molecule has 0 unspecified atom stereocenters. The average Bonchev–Trinajstić information content (AvgIpc) is 3.49. The molecular formula is C35H35BN3+. The van der Waals surface area contributed by atoms with Gasteiger partial charge in [-0.15, -0.1) is 0 Å². The number of imidazole rings is 1. The van der Waals surface area contributed by atoms with Gasteiger partial charge in [0.2, 0.25) is 0 Å². The first-order valence-electron chi connectivity index (χ1n) is 14.2. The summed E-state index contributed by atoms with van der Waals surface area (Å²) in [4.78, 5) is 2.54. The van der Waals surface area contributed by atoms with Crippen LogP contribution in [0.2, 0.25) is 0 Å². The molecule has 4 aromatic carbocycles. The minimum Gasteiger partial charge on any atom is -0.372 e. The maximum atomic E-state index is 2.67. The molecule has 2 aliphatic heterocycles. The normalized spacial score (nSPS) is 13.5. The van der Waals surface area contributed by atoms with Crippen LogP contribution in [0.5, 0.6) is 0 Å². The van der Waals surface area contributed by atoms with Crippen molar-refractivity contribution in [3.05, 3.63) is 114 Å². The molecule has 3 nitrogen and oxygen atoms in total. The van der Waals surface area contributed by atoms with Crippen molar-refractivity contribution in [2.75, 3.05) is 11.9 Å². The van der Waals surface area contributed by atoms with Crippen LogP contribution >= 0.6 is 0 Å². The minimum atomic E-state index is 0.0377. The van der Waals surface area contributed by atoms with Crippen LogP contribution < -0.4 is 14.8 Å². The summed E-state index contributed by atoms with van der Waals surface area (Å²) in [5, 5.41) is 0. The quantitative estimate of drug-likeness (QED) is 0.227. The molecule has 0 bridgehead atoms. The summed E-state index contributed by atoms with van der Waals surface area (Å²) < 4.78 is 5.25. The average molecular weight is 508 g/mol. The lowest BCUT2D eigenvalue weighted by molar-refractivity contribution is -0.511. The van der Waals surface area contributed by atoms with E-state index in [1.165, 1.54) is 61.7 Å². The molecule has 3 heterocycles. The summed E-state index contributed by atoms with van der Waals surface area (Å²) in [7, 11) is 2.30. The molecule has 0 radical (unpaired) electrons. The molecule has 1 aromatic heterocycles. The fourth-order valence-electron chi connectivity index (χ4n) is 6.97. The topological polar surface area (TPSA) is 12.1 Å². The van der Waals surface area contributed by atoms with Gasteiger partial charge in [-0.05, 0) is 36.1 Å². The molecule has 0 saturated heterocycles. The predicted molar refractivity (Wildman–Crippen MR) is 164 cm³/mol. The predicted octanol–water partition coefficient (Wildman–Crippen LogP) is 7.08. The van der Waals surface area contributed by atoms with E-state index < -0.39 is 0 Å². The maximum absolute atomic E-state index is 2.67. The van der Waals surface area contributed by atoms with Gasteiger partial charge in [-0.1, -0.05) is 119 Å². The van der Waals surface area contributed by atoms with Crippen LogP contribution in [0.25, 0.3) is 33.9 Å². The number of aromatic nitrogens is 2. The Morgan fingerprint density at radius 1 is 0.692 bits per heavy atom. The smallest absolute Gasteiger partial charge is 0.372 e. The molecule has 0 fully saturated rings. The molecular weight excluding hydrogens is 473 g/mol. The second-order valence-electron chi connectivity index (χ2n) is 11.7. The molecule has 0 atom stereocenters. The Hall–Kier alpha value is -4.05. The van der Waals surface area contributed by atoms with E-state index >= 15 is 0 Å². The van der Waals surface area contributed by atoms with Crippen LogP contribution in [0.1, 0.15) is 56.2 Å². The summed E-state index contributed by atoms with van der Waals surface area (Å²) in [5.74, 6) is 2.17. The molecule has 0 amide bonds. The monoisotopic (exact) mass is 508 g/mol. The second-order valence-corrected chi connectivity index (χ2v) is 11.7. The van der Waals surface area contributed by atoms with Crippen LogP contribution in [0.15, 0.2) is 97.1 Å². The van der Waals surface area contributed by atoms with Gasteiger partial charge in [-0.2, -0.15) is 0 Å². The van der Waals surface area contributed by atoms with Crippen molar-refractivity contribution in [3.63, 3.8) is 0 Å². The highest BCUT2D eigenvalue weighted by Crippen LogP contribution is 2.46. The largest absolute Gasteiger partial charge is 0.538 e. The molecule has 0 spiro atoms. The third-order valence-corrected chi connectivity index (χ3v) is 8.66. The van der Waals surface area contributed by atoms with Gasteiger partial charge >= 0.3 is 6.98 Å². The van der Waals surface area contributed by atoms with Crippen molar-refractivity contribution < 1.29 is 4.48 Å². The van der Waals surface area contributed by atoms with Gasteiger partial charge in [0.15, 0.2) is 11.4 Å². The minimum absolute atomic E-state index is 0.0377. The summed E-state index contributed by atoms with van der Waals surface area (Å²) in [5.41, 5.74) is 13.5. The van der Waals surface area contributed by atoms with E-state index in [-0.39, 0.29) is 6.98 Å². The lowest BCUT2D eigenvalue weighted by Crippen LogP contribution is -2.71. The van der Waals surface area contributed by atoms with E-state index in [0.29, 0.717) is 11.8 Å². The van der Waals surface area contributed by atoms with Gasteiger partial charge in [0.1, 0.15) is 6.54 Å². The number of nitrogens with zero attached hydrogens (tertiary/aromatic N) is 3. The Labute approximate surface area is 232 Å². The zero-order chi connectivity index (χ0) is 26.8. The molecule has 2 aliphatic rings. The first-order valence-corrected chi connectivity index (χ1v) is 14.2. The second kappa shape index (κ2) is 9.02. The van der Waals surface area contributed by atoms with E-state index in [4.69, 9.17) is 0 Å². The van der Waals surface area contributed by atoms with Gasteiger partial charge in [0.05, 0.1) is 5.56 Å². The molecule has 0 saturated carbocycles. The van der Waals surface area contributed by atoms with E-state index in [0.717, 1.165) is 6.54 Å². The Balaban J connectivity index is 1.66. The van der Waals surface area contributed by atoms with Gasteiger partial charge in [-0.3, -0.25) is 4.48 Å². The van der Waals surface area contributed by atoms with Gasteiger partial charge < -0.3 is 4.81 Å². The lowest BCUT2D eigenvalue weighted by atomic mass is 9.58. The van der Waals surface area contributed by atoms with Gasteiger partial charge in [-0.25, -0.2) is 4.57 Å². The third-order valence-electron chi connectivity index (χ3n) is 8.66. The zero-order valence-electron chi connectivity index (χ0n) is 23.5. The van der Waals surface area contributed by atoms with E-state index in [1.807, 2.05) is 0 Å². The molecule has 4 heteroatoms. The summed E-state index contributed by atoms with van der Waals surface area (Å²) in [6.07, 6.45) is 0. The highest BCUT2D eigenvalue weighted by Gasteiger charge is 2.52.